The predicted octanol–water partition coefficient (Wildman–Crippen LogP) is 3.74. The number of nitrogens with zero attached hydrogens (tertiary/aromatic N) is 2. The molecule has 3 aliphatic rings. The van der Waals surface area contributed by atoms with Crippen molar-refractivity contribution in [3.63, 3.8) is 0 Å². The minimum atomic E-state index is -0.678. The maximum atomic E-state index is 6.94. The Hall–Kier alpha value is -2.05. The second-order valence-corrected chi connectivity index (χ2v) is 9.41. The maximum Gasteiger partial charge on any atom is 0.187 e. The first-order chi connectivity index (χ1) is 15.0. The fourth-order valence-electron chi connectivity index (χ4n) is 5.30. The van der Waals surface area contributed by atoms with Gasteiger partial charge in [-0.25, -0.2) is 4.99 Å². The first-order valence-electron chi connectivity index (χ1n) is 12.0. The Bertz CT molecular complexity index is 825. The van der Waals surface area contributed by atoms with E-state index in [0.717, 1.165) is 56.7 Å². The van der Waals surface area contributed by atoms with E-state index in [0.29, 0.717) is 18.6 Å². The van der Waals surface area contributed by atoms with Crippen LogP contribution in [-0.2, 0) is 6.54 Å². The summed E-state index contributed by atoms with van der Waals surface area (Å²) in [5.41, 5.74) is 10.9. The molecule has 1 unspecified atom stereocenters. The molecule has 1 aromatic carbocycles. The summed E-state index contributed by atoms with van der Waals surface area (Å²) in [4.78, 5) is 7.23. The highest BCUT2D eigenvalue weighted by atomic mass is 16.5. The third-order valence-electron chi connectivity index (χ3n) is 7.01. The highest BCUT2D eigenvalue weighted by molar-refractivity contribution is 5.99. The number of rotatable bonds is 6. The number of hydrogen-bond acceptors (Lipinski definition) is 6. The molecular weight excluding hydrogens is 386 g/mol. The molecule has 1 heterocycles. The lowest BCUT2D eigenvalue weighted by molar-refractivity contribution is 0.160. The lowest BCUT2D eigenvalue weighted by Crippen LogP contribution is -2.61. The van der Waals surface area contributed by atoms with Crippen molar-refractivity contribution in [2.45, 2.75) is 76.7 Å². The van der Waals surface area contributed by atoms with E-state index < -0.39 is 5.79 Å². The van der Waals surface area contributed by atoms with Crippen molar-refractivity contribution in [3.8, 4) is 5.75 Å². The summed E-state index contributed by atoms with van der Waals surface area (Å²) in [5.74, 6) is 1.75. The van der Waals surface area contributed by atoms with Crippen LogP contribution < -0.4 is 21.1 Å². The number of ether oxygens (including phenoxy) is 1. The summed E-state index contributed by atoms with van der Waals surface area (Å²) in [7, 11) is 4.18. The number of benzene rings is 1. The minimum Gasteiger partial charge on any atom is -0.494 e. The van der Waals surface area contributed by atoms with Crippen molar-refractivity contribution in [1.29, 1.82) is 0 Å². The van der Waals surface area contributed by atoms with E-state index in [4.69, 9.17) is 15.5 Å². The van der Waals surface area contributed by atoms with Crippen molar-refractivity contribution < 1.29 is 4.74 Å². The summed E-state index contributed by atoms with van der Waals surface area (Å²) < 4.78 is 5.77. The summed E-state index contributed by atoms with van der Waals surface area (Å²) in [5, 5.41) is 7.44. The molecule has 0 aromatic heterocycles. The van der Waals surface area contributed by atoms with Crippen LogP contribution in [0.3, 0.4) is 0 Å². The van der Waals surface area contributed by atoms with Gasteiger partial charge in [0.25, 0.3) is 0 Å². The van der Waals surface area contributed by atoms with Gasteiger partial charge in [-0.2, -0.15) is 0 Å². The number of hydrogen-bond donors (Lipinski definition) is 3. The fourth-order valence-corrected chi connectivity index (χ4v) is 5.30. The van der Waals surface area contributed by atoms with Crippen LogP contribution in [0.15, 0.2) is 40.5 Å². The van der Waals surface area contributed by atoms with E-state index in [1.807, 2.05) is 13.0 Å². The van der Waals surface area contributed by atoms with Gasteiger partial charge in [-0.05, 0) is 64.4 Å². The molecule has 1 fully saturated rings. The molecule has 2 aliphatic carbocycles. The summed E-state index contributed by atoms with van der Waals surface area (Å²) in [6.07, 6.45) is 9.10. The third kappa shape index (κ3) is 4.90. The fraction of sp³-hybridized carbons (Fsp3) is 0.640. The average molecular weight is 426 g/mol. The molecule has 170 valence electrons. The molecule has 0 amide bonds. The first-order valence-corrected chi connectivity index (χ1v) is 12.0. The molecule has 6 nitrogen and oxygen atoms in total. The zero-order chi connectivity index (χ0) is 21.8. The molecule has 1 saturated carbocycles. The van der Waals surface area contributed by atoms with Gasteiger partial charge in [0.05, 0.1) is 6.61 Å². The Balaban J connectivity index is 1.37. The predicted molar refractivity (Wildman–Crippen MR) is 127 cm³/mol. The Morgan fingerprint density at radius 1 is 1.16 bits per heavy atom. The molecule has 1 atom stereocenters. The molecule has 1 aliphatic heterocycles. The van der Waals surface area contributed by atoms with Gasteiger partial charge in [0.2, 0.25) is 0 Å². The number of nitrogens with one attached hydrogen (secondary N) is 2. The smallest absolute Gasteiger partial charge is 0.187 e. The van der Waals surface area contributed by atoms with Gasteiger partial charge in [0.1, 0.15) is 11.6 Å². The third-order valence-corrected chi connectivity index (χ3v) is 7.01. The van der Waals surface area contributed by atoms with Crippen LogP contribution in [0.1, 0.15) is 63.9 Å². The molecule has 31 heavy (non-hydrogen) atoms. The van der Waals surface area contributed by atoms with Crippen LogP contribution >= 0.6 is 0 Å². The second kappa shape index (κ2) is 9.61. The molecule has 0 saturated heterocycles. The van der Waals surface area contributed by atoms with Crippen LogP contribution in [0, 0.1) is 5.92 Å². The number of nitrogens with two attached hydrogens (primary N) is 1. The lowest BCUT2D eigenvalue weighted by Gasteiger charge is -2.45. The van der Waals surface area contributed by atoms with E-state index in [9.17, 15) is 0 Å². The highest BCUT2D eigenvalue weighted by Gasteiger charge is 2.42. The first kappa shape index (κ1) is 22.2. The number of likely N-dealkylation sites (N-methyl/N-ethyl adjacent to an activating group) is 1. The topological polar surface area (TPSA) is 74.9 Å². The number of allylic oxidation sites excluding steroid dienone is 1. The number of aliphatic imine (C=N–C) groups is 1. The van der Waals surface area contributed by atoms with Gasteiger partial charge in [0, 0.05) is 49.4 Å². The van der Waals surface area contributed by atoms with Crippen LogP contribution in [0.4, 0.5) is 0 Å². The van der Waals surface area contributed by atoms with Crippen LogP contribution in [0.2, 0.25) is 0 Å². The number of amidine groups is 1. The van der Waals surface area contributed by atoms with Crippen molar-refractivity contribution >= 4 is 5.84 Å². The van der Waals surface area contributed by atoms with Crippen LogP contribution in [0.25, 0.3) is 0 Å². The Labute approximate surface area is 187 Å². The van der Waals surface area contributed by atoms with Gasteiger partial charge in [-0.3, -0.25) is 5.73 Å². The molecule has 4 rings (SSSR count). The van der Waals surface area contributed by atoms with E-state index in [2.05, 4.69) is 47.8 Å². The quantitative estimate of drug-likeness (QED) is 0.647. The average Bonchev–Trinajstić information content (AvgIpc) is 2.78. The van der Waals surface area contributed by atoms with E-state index in [1.54, 1.807) is 0 Å². The van der Waals surface area contributed by atoms with Gasteiger partial charge in [0.15, 0.2) is 5.79 Å². The molecule has 4 N–H and O–H groups in total. The van der Waals surface area contributed by atoms with E-state index in [-0.39, 0.29) is 0 Å². The Morgan fingerprint density at radius 3 is 2.65 bits per heavy atom. The number of para-hydroxylation sites is 1. The van der Waals surface area contributed by atoms with Crippen molar-refractivity contribution in [2.24, 2.45) is 16.6 Å². The molecular formula is C25H39N5O. The molecule has 6 heteroatoms. The Kier molecular flexibility index (Phi) is 6.87. The maximum absolute atomic E-state index is 6.94. The normalized spacial score (nSPS) is 28.5. The minimum absolute atomic E-state index is 0.354. The standard InChI is InChI=1S/C25H39N5O/c1-4-31-23-12-8-5-9-18(23)17-27-20-15-13-19(14-16-20)25(26)28-22-11-7-6-10-21(22)24(29-25)30(2)3/h5,8-9,12,19-20,27-28H,4,6-7,10-11,13-17,26H2,1-3H3. The molecule has 0 radical (unpaired) electrons. The summed E-state index contributed by atoms with van der Waals surface area (Å²) in [6, 6.07) is 8.83. The van der Waals surface area contributed by atoms with E-state index in [1.165, 1.54) is 29.7 Å². The van der Waals surface area contributed by atoms with Gasteiger partial charge < -0.3 is 20.3 Å². The molecule has 1 aromatic rings. The van der Waals surface area contributed by atoms with Crippen molar-refractivity contribution in [1.82, 2.24) is 15.5 Å². The van der Waals surface area contributed by atoms with Crippen molar-refractivity contribution in [2.75, 3.05) is 20.7 Å². The molecule has 0 bridgehead atoms. The zero-order valence-electron chi connectivity index (χ0n) is 19.4. The van der Waals surface area contributed by atoms with Gasteiger partial charge in [-0.15, -0.1) is 0 Å². The molecule has 0 spiro atoms. The zero-order valence-corrected chi connectivity index (χ0v) is 19.4. The largest absolute Gasteiger partial charge is 0.494 e. The van der Waals surface area contributed by atoms with Crippen LogP contribution in [-0.4, -0.2) is 43.3 Å². The van der Waals surface area contributed by atoms with Crippen LogP contribution in [0.5, 0.6) is 5.75 Å². The SMILES string of the molecule is CCOc1ccccc1CNC1CCC(C2(N)N=C(N(C)C)C3=C(CCCC3)N2)CC1. The monoisotopic (exact) mass is 425 g/mol. The second-order valence-electron chi connectivity index (χ2n) is 9.41. The van der Waals surface area contributed by atoms with E-state index >= 15 is 0 Å². The van der Waals surface area contributed by atoms with Gasteiger partial charge >= 0.3 is 0 Å². The van der Waals surface area contributed by atoms with Gasteiger partial charge in [-0.1, -0.05) is 18.2 Å². The lowest BCUT2D eigenvalue weighted by atomic mass is 9.80. The Morgan fingerprint density at radius 2 is 1.90 bits per heavy atom. The highest BCUT2D eigenvalue weighted by Crippen LogP contribution is 2.37. The van der Waals surface area contributed by atoms with Crippen molar-refractivity contribution in [3.05, 3.63) is 41.1 Å². The summed E-state index contributed by atoms with van der Waals surface area (Å²) in [6.45, 7) is 3.57. The summed E-state index contributed by atoms with van der Waals surface area (Å²) >= 11 is 0.